The van der Waals surface area contributed by atoms with E-state index in [1.54, 1.807) is 12.0 Å². The van der Waals surface area contributed by atoms with Gasteiger partial charge in [0.05, 0.1) is 30.7 Å². The maximum atomic E-state index is 14.5. The molecule has 1 N–H and O–H groups in total. The Labute approximate surface area is 278 Å². The summed E-state index contributed by atoms with van der Waals surface area (Å²) in [7, 11) is 1.62. The van der Waals surface area contributed by atoms with Crippen molar-refractivity contribution in [3.8, 4) is 11.6 Å². The number of carbonyl (C=O) groups excluding carboxylic acids is 3. The summed E-state index contributed by atoms with van der Waals surface area (Å²) >= 11 is 0. The first-order valence-electron chi connectivity index (χ1n) is 17.8. The molecule has 1 aromatic carbocycles. The van der Waals surface area contributed by atoms with Gasteiger partial charge in [0.2, 0.25) is 11.8 Å². The summed E-state index contributed by atoms with van der Waals surface area (Å²) < 4.78 is 18.4. The van der Waals surface area contributed by atoms with Gasteiger partial charge >= 0.3 is 6.09 Å². The number of fused-ring (bicyclic) bond motifs is 6. The fraction of sp³-hybridized carbons (Fsp3) is 0.703. The van der Waals surface area contributed by atoms with E-state index in [2.05, 4.69) is 5.32 Å². The Kier molecular flexibility index (Phi) is 9.68. The lowest BCUT2D eigenvalue weighted by Gasteiger charge is -2.48. The average Bonchev–Trinajstić information content (AvgIpc) is 3.41. The van der Waals surface area contributed by atoms with Crippen molar-refractivity contribution in [1.29, 1.82) is 0 Å². The van der Waals surface area contributed by atoms with Gasteiger partial charge in [-0.2, -0.15) is 0 Å². The second-order valence-corrected chi connectivity index (χ2v) is 15.4. The highest BCUT2D eigenvalue weighted by atomic mass is 16.6. The summed E-state index contributed by atoms with van der Waals surface area (Å²) in [4.78, 5) is 52.9. The molecule has 1 saturated heterocycles. The number of amides is 2. The number of Topliss-reactive ketones (excluding diaryl/α,β-unsaturated/α-hetero) is 1. The van der Waals surface area contributed by atoms with Gasteiger partial charge in [-0.3, -0.25) is 9.59 Å². The van der Waals surface area contributed by atoms with E-state index in [-0.39, 0.29) is 30.3 Å². The van der Waals surface area contributed by atoms with E-state index in [1.807, 2.05) is 45.9 Å². The highest BCUT2D eigenvalue weighted by Gasteiger charge is 2.51. The van der Waals surface area contributed by atoms with Gasteiger partial charge < -0.3 is 24.4 Å². The fourth-order valence-corrected chi connectivity index (χ4v) is 8.86. The van der Waals surface area contributed by atoms with Crippen LogP contribution in [0.4, 0.5) is 4.79 Å². The minimum atomic E-state index is -0.880. The molecule has 2 aromatic rings. The van der Waals surface area contributed by atoms with Crippen molar-refractivity contribution < 1.29 is 28.6 Å². The zero-order valence-electron chi connectivity index (χ0n) is 28.9. The molecule has 3 saturated carbocycles. The Morgan fingerprint density at radius 3 is 2.43 bits per heavy atom. The number of hydrogen-bond donors (Lipinski definition) is 1. The molecular weight excluding hydrogens is 596 g/mol. The maximum absolute atomic E-state index is 14.5. The molecule has 256 valence electrons. The third-order valence-electron chi connectivity index (χ3n) is 11.3. The number of ketones is 1. The number of benzene rings is 1. The summed E-state index contributed by atoms with van der Waals surface area (Å²) in [6.45, 7) is 9.55. The molecule has 4 bridgehead atoms. The number of aryl methyl sites for hydroxylation is 1. The Balaban J connectivity index is 1.39. The lowest BCUT2D eigenvalue weighted by Crippen LogP contribution is -2.58. The molecule has 2 amide bonds. The van der Waals surface area contributed by atoms with Crippen LogP contribution in [0.3, 0.4) is 0 Å². The summed E-state index contributed by atoms with van der Waals surface area (Å²) in [5, 5.41) is 2.99. The lowest BCUT2D eigenvalue weighted by molar-refractivity contribution is -0.141. The van der Waals surface area contributed by atoms with Crippen LogP contribution in [0.2, 0.25) is 0 Å². The normalized spacial score (nSPS) is 31.9. The minimum Gasteiger partial charge on any atom is -0.497 e. The topological polar surface area (TPSA) is 120 Å². The van der Waals surface area contributed by atoms with E-state index in [1.165, 1.54) is 19.8 Å². The Morgan fingerprint density at radius 2 is 1.74 bits per heavy atom. The van der Waals surface area contributed by atoms with Crippen LogP contribution >= 0.6 is 0 Å². The van der Waals surface area contributed by atoms with Gasteiger partial charge in [-0.15, -0.1) is 0 Å². The molecule has 6 atom stereocenters. The summed E-state index contributed by atoms with van der Waals surface area (Å²) in [5.41, 5.74) is 1.61. The highest BCUT2D eigenvalue weighted by molar-refractivity contribution is 5.92. The van der Waals surface area contributed by atoms with Crippen LogP contribution in [0.25, 0.3) is 11.0 Å². The average molecular weight is 649 g/mol. The second-order valence-electron chi connectivity index (χ2n) is 15.4. The molecule has 1 aromatic heterocycles. The molecule has 4 fully saturated rings. The maximum Gasteiger partial charge on any atom is 0.408 e. The van der Waals surface area contributed by atoms with E-state index in [4.69, 9.17) is 24.2 Å². The van der Waals surface area contributed by atoms with Gasteiger partial charge in [0.1, 0.15) is 29.7 Å². The number of methoxy groups -OCH3 is 1. The third-order valence-corrected chi connectivity index (χ3v) is 11.3. The molecule has 47 heavy (non-hydrogen) atoms. The molecule has 5 aliphatic rings. The number of nitrogens with one attached hydrogen (secondary N) is 1. The lowest BCUT2D eigenvalue weighted by atomic mass is 9.61. The zero-order chi connectivity index (χ0) is 33.5. The van der Waals surface area contributed by atoms with Crippen LogP contribution in [0.15, 0.2) is 18.2 Å². The number of rotatable bonds is 3. The molecule has 0 spiro atoms. The number of alkyl carbamates (subject to hydrolysis) is 1. The summed E-state index contributed by atoms with van der Waals surface area (Å²) in [5.74, 6) is 1.74. The smallest absolute Gasteiger partial charge is 0.408 e. The molecule has 3 aliphatic carbocycles. The fourth-order valence-electron chi connectivity index (χ4n) is 8.86. The first-order valence-corrected chi connectivity index (χ1v) is 17.8. The first-order chi connectivity index (χ1) is 22.5. The molecule has 3 heterocycles. The van der Waals surface area contributed by atoms with Crippen LogP contribution in [0, 0.1) is 29.1 Å². The van der Waals surface area contributed by atoms with Crippen molar-refractivity contribution in [3.05, 3.63) is 23.9 Å². The van der Waals surface area contributed by atoms with Crippen LogP contribution in [0.5, 0.6) is 11.6 Å². The predicted molar refractivity (Wildman–Crippen MR) is 178 cm³/mol. The van der Waals surface area contributed by atoms with Gasteiger partial charge in [-0.05, 0) is 93.6 Å². The minimum absolute atomic E-state index is 0.104. The third kappa shape index (κ3) is 6.79. The van der Waals surface area contributed by atoms with Crippen LogP contribution in [-0.2, 0) is 20.7 Å². The molecular formula is C37H52N4O6. The summed E-state index contributed by atoms with van der Waals surface area (Å²) in [6.07, 6.45) is 8.77. The van der Waals surface area contributed by atoms with Gasteiger partial charge in [-0.25, -0.2) is 14.8 Å². The van der Waals surface area contributed by atoms with Gasteiger partial charge in [0, 0.05) is 12.0 Å². The number of carbonyl (C=O) groups is 3. The molecule has 7 rings (SSSR count). The first kappa shape index (κ1) is 33.5. The molecule has 10 nitrogen and oxygen atoms in total. The largest absolute Gasteiger partial charge is 0.497 e. The number of hydrogen-bond acceptors (Lipinski definition) is 8. The van der Waals surface area contributed by atoms with Crippen molar-refractivity contribution in [1.82, 2.24) is 20.2 Å². The standard InChI is InChI=1S/C37H52N4O6/c1-7-25-30-20-41(31(25)21(2)42)35(43)33(37(3,4)5)40-36(44)47-32-23-15-13-22(14-16-23)26(32)11-9-8-10-12-28-34(46-30)39-29-19-24(45-6)17-18-27(29)38-28/h17-19,22-23,25-26,30-33H,7-16,20H2,1-6H3,(H,40,44)/t22?,23?,25-,26-,30+,31-,32-,33-/m1/s1. The number of nitrogens with zero attached hydrogens (tertiary/aromatic N) is 3. The molecule has 0 unspecified atom stereocenters. The van der Waals surface area contributed by atoms with Gasteiger partial charge in [-0.1, -0.05) is 40.5 Å². The number of ether oxygens (including phenoxy) is 3. The molecule has 2 aliphatic heterocycles. The van der Waals surface area contributed by atoms with Crippen molar-refractivity contribution in [3.63, 3.8) is 0 Å². The van der Waals surface area contributed by atoms with E-state index in [0.717, 1.165) is 49.7 Å². The van der Waals surface area contributed by atoms with Crippen molar-refractivity contribution in [2.24, 2.45) is 29.1 Å². The predicted octanol–water partition coefficient (Wildman–Crippen LogP) is 6.27. The Hall–Kier alpha value is -3.43. The van der Waals surface area contributed by atoms with Gasteiger partial charge in [0.15, 0.2) is 5.78 Å². The molecule has 0 radical (unpaired) electrons. The zero-order valence-corrected chi connectivity index (χ0v) is 28.9. The monoisotopic (exact) mass is 648 g/mol. The molecule has 10 heteroatoms. The van der Waals surface area contributed by atoms with Crippen LogP contribution < -0.4 is 14.8 Å². The van der Waals surface area contributed by atoms with Crippen LogP contribution in [0.1, 0.15) is 98.1 Å². The Bertz CT molecular complexity index is 1480. The van der Waals surface area contributed by atoms with Gasteiger partial charge in [0.25, 0.3) is 0 Å². The highest BCUT2D eigenvalue weighted by Crippen LogP contribution is 2.48. The van der Waals surface area contributed by atoms with E-state index in [0.29, 0.717) is 47.7 Å². The number of aromatic nitrogens is 2. The van der Waals surface area contributed by atoms with E-state index < -0.39 is 29.7 Å². The van der Waals surface area contributed by atoms with Crippen LogP contribution in [-0.4, -0.2) is 70.6 Å². The second kappa shape index (κ2) is 13.6. The van der Waals surface area contributed by atoms with Crippen molar-refractivity contribution in [2.45, 2.75) is 123 Å². The SMILES string of the molecule is CC[C@@H]1[C@@H]2CN(C(=O)[C@H](C(C)(C)C)NC(=O)O[C@@H]3C4CCC(CC4)[C@H]3CCCCCc3nc4ccc(OC)cc4nc3O2)[C@@H]1C(C)=O. The van der Waals surface area contributed by atoms with Crippen molar-refractivity contribution in [2.75, 3.05) is 13.7 Å². The quantitative estimate of drug-likeness (QED) is 0.414. The van der Waals surface area contributed by atoms with E-state index in [9.17, 15) is 14.4 Å². The van der Waals surface area contributed by atoms with E-state index >= 15 is 0 Å². The Morgan fingerprint density at radius 1 is 1.00 bits per heavy atom. The van der Waals surface area contributed by atoms with Crippen molar-refractivity contribution >= 4 is 28.8 Å². The summed E-state index contributed by atoms with van der Waals surface area (Å²) in [6, 6.07) is 4.09.